The van der Waals surface area contributed by atoms with Crippen LogP contribution in [0.5, 0.6) is 0 Å². The summed E-state index contributed by atoms with van der Waals surface area (Å²) in [7, 11) is 2.60. The first kappa shape index (κ1) is 19.0. The fourth-order valence-electron chi connectivity index (χ4n) is 1.35. The van der Waals surface area contributed by atoms with Crippen molar-refractivity contribution in [3.63, 3.8) is 0 Å². The number of nitrogens with one attached hydrogen (secondary N) is 1. The molecule has 0 saturated carbocycles. The lowest BCUT2D eigenvalue weighted by Gasteiger charge is -2.31. The van der Waals surface area contributed by atoms with Crippen LogP contribution in [0.3, 0.4) is 0 Å². The van der Waals surface area contributed by atoms with Crippen LogP contribution in [-0.4, -0.2) is 30.0 Å². The molecule has 0 saturated heterocycles. The molecule has 1 unspecified atom stereocenters. The Bertz CT molecular complexity index is 518. The number of hydrogen-bond donors (Lipinski definition) is 1. The van der Waals surface area contributed by atoms with Crippen LogP contribution in [0.4, 0.5) is 10.5 Å². The Kier molecular flexibility index (Phi) is 7.20. The highest BCUT2D eigenvalue weighted by Crippen LogP contribution is 2.59. The van der Waals surface area contributed by atoms with E-state index >= 15 is 0 Å². The number of alkyl halides is 3. The van der Waals surface area contributed by atoms with E-state index in [1.165, 1.54) is 14.2 Å². The van der Waals surface area contributed by atoms with Gasteiger partial charge in [-0.1, -0.05) is 53.0 Å². The zero-order chi connectivity index (χ0) is 16.1. The molecule has 5 nitrogen and oxygen atoms in total. The lowest BCUT2D eigenvalue weighted by Crippen LogP contribution is -2.33. The Hall–Kier alpha value is -0.0700. The number of hydrogen-bond acceptors (Lipinski definition) is 5. The van der Waals surface area contributed by atoms with Gasteiger partial charge in [0.05, 0.1) is 0 Å². The zero-order valence-electron chi connectivity index (χ0n) is 11.1. The van der Waals surface area contributed by atoms with Gasteiger partial charge in [0, 0.05) is 19.9 Å². The number of carbonyl (C=O) groups is 1. The number of benzene rings is 1. The fourth-order valence-corrected chi connectivity index (χ4v) is 4.88. The largest absolute Gasteiger partial charge is 0.431 e. The molecule has 0 heterocycles. The van der Waals surface area contributed by atoms with Crippen molar-refractivity contribution in [1.82, 2.24) is 0 Å². The van der Waals surface area contributed by atoms with Gasteiger partial charge in [-0.2, -0.15) is 0 Å². The smallest absolute Gasteiger partial charge is 0.412 e. The number of para-hydroxylation sites is 1. The van der Waals surface area contributed by atoms with E-state index in [0.29, 0.717) is 5.69 Å². The van der Waals surface area contributed by atoms with E-state index in [2.05, 4.69) is 5.32 Å². The number of anilines is 1. The van der Waals surface area contributed by atoms with E-state index in [0.717, 1.165) is 0 Å². The van der Waals surface area contributed by atoms with Gasteiger partial charge in [-0.3, -0.25) is 5.32 Å². The molecule has 1 amide bonds. The Balaban J connectivity index is 2.88. The minimum absolute atomic E-state index is 0.522. The Labute approximate surface area is 143 Å². The Morgan fingerprint density at radius 1 is 1.24 bits per heavy atom. The summed E-state index contributed by atoms with van der Waals surface area (Å²) in [5.41, 5.74) is 0.522. The second kappa shape index (κ2) is 7.97. The van der Waals surface area contributed by atoms with Crippen molar-refractivity contribution >= 4 is 64.9 Å². The first-order chi connectivity index (χ1) is 9.73. The average Bonchev–Trinajstić information content (AvgIpc) is 2.44. The van der Waals surface area contributed by atoms with Crippen molar-refractivity contribution in [2.24, 2.45) is 0 Å². The highest BCUT2D eigenvalue weighted by molar-refractivity contribution is 8.10. The van der Waals surface area contributed by atoms with Gasteiger partial charge in [0.25, 0.3) is 0 Å². The van der Waals surface area contributed by atoms with Gasteiger partial charge in [0.15, 0.2) is 0 Å². The van der Waals surface area contributed by atoms with E-state index in [1.54, 1.807) is 30.3 Å². The van der Waals surface area contributed by atoms with Gasteiger partial charge in [0.1, 0.15) is 0 Å². The molecule has 0 radical (unpaired) electrons. The van der Waals surface area contributed by atoms with Gasteiger partial charge >= 0.3 is 6.09 Å². The van der Waals surface area contributed by atoms with Crippen LogP contribution in [0, 0.1) is 0 Å². The van der Waals surface area contributed by atoms with E-state index in [9.17, 15) is 4.79 Å². The summed E-state index contributed by atoms with van der Waals surface area (Å²) in [6.07, 6.45) is -0.833. The maximum absolute atomic E-state index is 11.9. The van der Waals surface area contributed by atoms with Crippen LogP contribution in [0.25, 0.3) is 0 Å². The van der Waals surface area contributed by atoms with Gasteiger partial charge in [0.2, 0.25) is 16.1 Å². The van der Waals surface area contributed by atoms with E-state index in [4.69, 9.17) is 60.4 Å². The molecule has 0 spiro atoms. The van der Waals surface area contributed by atoms with Crippen molar-refractivity contribution in [3.8, 4) is 0 Å². The van der Waals surface area contributed by atoms with Gasteiger partial charge in [-0.15, -0.1) is 0 Å². The molecule has 1 aromatic carbocycles. The first-order valence-electron chi connectivity index (χ1n) is 5.53. The van der Waals surface area contributed by atoms with Crippen molar-refractivity contribution in [2.45, 2.75) is 9.64 Å². The first-order valence-corrected chi connectivity index (χ1v) is 9.37. The van der Waals surface area contributed by atoms with E-state index in [1.807, 2.05) is 0 Å². The van der Waals surface area contributed by atoms with Crippen molar-refractivity contribution in [2.75, 3.05) is 19.5 Å². The number of ether oxygens (including phenoxy) is 1. The molecule has 10 heteroatoms. The summed E-state index contributed by atoms with van der Waals surface area (Å²) in [6, 6.07) is 8.65. The third-order valence-corrected chi connectivity index (χ3v) is 6.92. The lowest BCUT2D eigenvalue weighted by molar-refractivity contribution is 0.135. The molecular weight excluding hydrogens is 380 g/mol. The second-order valence-electron chi connectivity index (χ2n) is 3.70. The predicted octanol–water partition coefficient (Wildman–Crippen LogP) is 4.53. The number of halogens is 3. The van der Waals surface area contributed by atoms with Gasteiger partial charge in [-0.05, 0) is 23.9 Å². The van der Waals surface area contributed by atoms with Gasteiger partial charge in [-0.25, -0.2) is 4.79 Å². The minimum atomic E-state index is -3.12. The highest BCUT2D eigenvalue weighted by atomic mass is 35.6. The minimum Gasteiger partial charge on any atom is -0.431 e. The monoisotopic (exact) mass is 391 g/mol. The van der Waals surface area contributed by atoms with Crippen LogP contribution in [-0.2, 0) is 25.6 Å². The zero-order valence-corrected chi connectivity index (χ0v) is 15.1. The Morgan fingerprint density at radius 3 is 2.19 bits per heavy atom. The van der Waals surface area contributed by atoms with Crippen molar-refractivity contribution in [3.05, 3.63) is 30.3 Å². The third kappa shape index (κ3) is 5.57. The topological polar surface area (TPSA) is 56.8 Å². The fraction of sp³-hybridized carbons (Fsp3) is 0.364. The number of rotatable bonds is 5. The van der Waals surface area contributed by atoms with Crippen molar-refractivity contribution in [1.29, 1.82) is 0 Å². The van der Waals surface area contributed by atoms with Crippen molar-refractivity contribution < 1.29 is 18.6 Å². The summed E-state index contributed by atoms with van der Waals surface area (Å²) < 4.78 is 13.3. The predicted molar refractivity (Wildman–Crippen MR) is 88.9 cm³/mol. The maximum Gasteiger partial charge on any atom is 0.412 e. The molecule has 0 aliphatic carbocycles. The van der Waals surface area contributed by atoms with Crippen LogP contribution < -0.4 is 5.32 Å². The molecule has 21 heavy (non-hydrogen) atoms. The molecule has 1 N–H and O–H groups in total. The third-order valence-electron chi connectivity index (χ3n) is 2.32. The second-order valence-corrected chi connectivity index (χ2v) is 9.87. The molecule has 0 aliphatic rings. The lowest BCUT2D eigenvalue weighted by atomic mass is 10.3. The molecular formula is C11H13Cl3NO4PS. The van der Waals surface area contributed by atoms with E-state index < -0.39 is 22.2 Å². The van der Waals surface area contributed by atoms with Crippen LogP contribution >= 0.6 is 41.3 Å². The highest BCUT2D eigenvalue weighted by Gasteiger charge is 2.47. The standard InChI is InChI=1S/C11H13Cl3NO4PS/c1-17-20(21,18-2)9(11(12,13)14)19-10(16)15-8-6-4-3-5-7-8/h3-7,9H,1-2H3,(H,15,16). The summed E-state index contributed by atoms with van der Waals surface area (Å²) in [6.45, 7) is -3.12. The molecule has 0 bridgehead atoms. The molecule has 0 aromatic heterocycles. The number of amides is 1. The van der Waals surface area contributed by atoms with E-state index in [-0.39, 0.29) is 0 Å². The molecule has 118 valence electrons. The van der Waals surface area contributed by atoms with Crippen LogP contribution in [0.1, 0.15) is 0 Å². The molecule has 0 aliphatic heterocycles. The molecule has 1 rings (SSSR count). The normalized spacial score (nSPS) is 13.6. The molecule has 0 fully saturated rings. The average molecular weight is 393 g/mol. The number of carbonyl (C=O) groups excluding carboxylic acids is 1. The van der Waals surface area contributed by atoms with Gasteiger partial charge < -0.3 is 13.8 Å². The van der Waals surface area contributed by atoms with Crippen LogP contribution in [0.15, 0.2) is 30.3 Å². The maximum atomic E-state index is 11.9. The molecule has 1 atom stereocenters. The van der Waals surface area contributed by atoms with Crippen LogP contribution in [0.2, 0.25) is 0 Å². The SMILES string of the molecule is COP(=S)(OC)C(OC(=O)Nc1ccccc1)C(Cl)(Cl)Cl. The summed E-state index contributed by atoms with van der Waals surface area (Å²) in [5, 5.41) is 2.49. The Morgan fingerprint density at radius 2 is 1.76 bits per heavy atom. The summed E-state index contributed by atoms with van der Waals surface area (Å²) >= 11 is 22.6. The summed E-state index contributed by atoms with van der Waals surface area (Å²) in [4.78, 5) is 11.9. The quantitative estimate of drug-likeness (QED) is 0.589. The molecule has 1 aromatic rings. The summed E-state index contributed by atoms with van der Waals surface area (Å²) in [5.74, 6) is -1.36.